The molecule has 0 N–H and O–H groups in total. The summed E-state index contributed by atoms with van der Waals surface area (Å²) in [4.78, 5) is 4.57. The van der Waals surface area contributed by atoms with Crippen LogP contribution in [-0.4, -0.2) is 14.1 Å². The van der Waals surface area contributed by atoms with Gasteiger partial charge in [-0.25, -0.2) is 0 Å². The molecule has 0 unspecified atom stereocenters. The van der Waals surface area contributed by atoms with Crippen molar-refractivity contribution in [2.75, 3.05) is 0 Å². The van der Waals surface area contributed by atoms with Crippen molar-refractivity contribution in [1.82, 2.24) is 14.1 Å². The van der Waals surface area contributed by atoms with E-state index in [-0.39, 0.29) is 0 Å². The van der Waals surface area contributed by atoms with E-state index >= 15 is 0 Å². The summed E-state index contributed by atoms with van der Waals surface area (Å²) in [6.45, 7) is 0. The van der Waals surface area contributed by atoms with Gasteiger partial charge in [-0.05, 0) is 105 Å². The van der Waals surface area contributed by atoms with E-state index in [1.54, 1.807) is 0 Å². The summed E-state index contributed by atoms with van der Waals surface area (Å²) in [5, 5.41) is 10.00. The quantitative estimate of drug-likeness (QED) is 0.185. The molecule has 12 rings (SSSR count). The highest BCUT2D eigenvalue weighted by Crippen LogP contribution is 2.48. The lowest BCUT2D eigenvalue weighted by molar-refractivity contribution is 1.18. The summed E-state index contributed by atoms with van der Waals surface area (Å²) < 4.78 is 4.83. The highest BCUT2D eigenvalue weighted by Gasteiger charge is 2.23. The van der Waals surface area contributed by atoms with Gasteiger partial charge in [0, 0.05) is 61.6 Å². The third-order valence-corrected chi connectivity index (χ3v) is 11.3. The second-order valence-corrected chi connectivity index (χ2v) is 14.0. The SMILES string of the molecule is c1ccc(-n2c3ccccc3c3cc(-c4ccc5c(c4)c4cc6ccccc6cc4n5-c4ccc5c(c4)-c4cccc6cncc-5c46)ccc32)cc1. The minimum atomic E-state index is 1.16. The molecular weight excluding hydrogens is 631 g/mol. The zero-order valence-corrected chi connectivity index (χ0v) is 28.1. The Morgan fingerprint density at radius 1 is 0.327 bits per heavy atom. The van der Waals surface area contributed by atoms with Crippen LogP contribution in [0.3, 0.4) is 0 Å². The number of hydrogen-bond acceptors (Lipinski definition) is 1. The first kappa shape index (κ1) is 27.8. The van der Waals surface area contributed by atoms with Crippen LogP contribution in [0.1, 0.15) is 0 Å². The minimum absolute atomic E-state index is 1.16. The van der Waals surface area contributed by atoms with Gasteiger partial charge in [-0.2, -0.15) is 0 Å². The molecular formula is C49H29N3. The van der Waals surface area contributed by atoms with Crippen LogP contribution >= 0.6 is 0 Å². The van der Waals surface area contributed by atoms with Crippen molar-refractivity contribution >= 4 is 65.2 Å². The van der Waals surface area contributed by atoms with Gasteiger partial charge in [0.15, 0.2) is 0 Å². The van der Waals surface area contributed by atoms with E-state index in [2.05, 4.69) is 178 Å². The predicted molar refractivity (Wildman–Crippen MR) is 218 cm³/mol. The lowest BCUT2D eigenvalue weighted by atomic mass is 10.00. The number of para-hydroxylation sites is 2. The molecule has 1 aliphatic carbocycles. The molecule has 11 aromatic rings. The lowest BCUT2D eigenvalue weighted by Gasteiger charge is -2.12. The highest BCUT2D eigenvalue weighted by atomic mass is 15.0. The number of pyridine rings is 1. The van der Waals surface area contributed by atoms with Crippen molar-refractivity contribution < 1.29 is 0 Å². The molecule has 0 spiro atoms. The van der Waals surface area contributed by atoms with Crippen molar-refractivity contribution in [1.29, 1.82) is 0 Å². The van der Waals surface area contributed by atoms with E-state index in [0.717, 1.165) is 5.69 Å². The Kier molecular flexibility index (Phi) is 5.50. The fraction of sp³-hybridized carbons (Fsp3) is 0. The molecule has 1 aliphatic rings. The monoisotopic (exact) mass is 659 g/mol. The van der Waals surface area contributed by atoms with Gasteiger partial charge in [-0.15, -0.1) is 0 Å². The Hall–Kier alpha value is -6.97. The molecule has 3 heterocycles. The van der Waals surface area contributed by atoms with Crippen molar-refractivity contribution in [3.05, 3.63) is 176 Å². The van der Waals surface area contributed by atoms with Crippen LogP contribution in [0.15, 0.2) is 176 Å². The molecule has 0 bridgehead atoms. The Morgan fingerprint density at radius 2 is 0.981 bits per heavy atom. The van der Waals surface area contributed by atoms with E-state index in [1.165, 1.54) is 104 Å². The molecule has 240 valence electrons. The predicted octanol–water partition coefficient (Wildman–Crippen LogP) is 12.9. The van der Waals surface area contributed by atoms with E-state index in [9.17, 15) is 0 Å². The molecule has 0 fully saturated rings. The maximum Gasteiger partial charge on any atom is 0.0547 e. The summed E-state index contributed by atoms with van der Waals surface area (Å²) in [5.41, 5.74) is 14.6. The summed E-state index contributed by atoms with van der Waals surface area (Å²) in [5.74, 6) is 0. The number of fused-ring (bicyclic) bond motifs is 10. The molecule has 0 saturated heterocycles. The minimum Gasteiger partial charge on any atom is -0.309 e. The first-order chi connectivity index (χ1) is 25.8. The van der Waals surface area contributed by atoms with Crippen LogP contribution in [0.5, 0.6) is 0 Å². The standard InChI is InChI=1S/C49H29N3/c1-2-12-35(13-3-1)51-45-16-7-6-14-38(45)41-24-32(17-21-46(41)51)33-18-22-47-42(25-33)43-23-30-9-4-5-10-31(30)26-48(43)52(47)36-19-20-37-40(27-36)39-15-8-11-34-28-50-29-44(37)49(34)39/h1-29H. The van der Waals surface area contributed by atoms with Gasteiger partial charge in [0.1, 0.15) is 0 Å². The van der Waals surface area contributed by atoms with Gasteiger partial charge in [-0.3, -0.25) is 4.98 Å². The van der Waals surface area contributed by atoms with Crippen LogP contribution < -0.4 is 0 Å². The zero-order valence-electron chi connectivity index (χ0n) is 28.1. The van der Waals surface area contributed by atoms with Gasteiger partial charge in [-0.1, -0.05) is 97.1 Å². The lowest BCUT2D eigenvalue weighted by Crippen LogP contribution is -1.95. The van der Waals surface area contributed by atoms with Gasteiger partial charge in [0.25, 0.3) is 0 Å². The van der Waals surface area contributed by atoms with Crippen LogP contribution in [0.2, 0.25) is 0 Å². The van der Waals surface area contributed by atoms with E-state index < -0.39 is 0 Å². The number of nitrogens with zero attached hydrogens (tertiary/aromatic N) is 3. The molecule has 3 nitrogen and oxygen atoms in total. The van der Waals surface area contributed by atoms with Crippen LogP contribution in [0, 0.1) is 0 Å². The van der Waals surface area contributed by atoms with Crippen molar-refractivity contribution in [3.8, 4) is 44.8 Å². The number of hydrogen-bond donors (Lipinski definition) is 0. The summed E-state index contributed by atoms with van der Waals surface area (Å²) in [6, 6.07) is 60.3. The van der Waals surface area contributed by atoms with Crippen LogP contribution in [0.4, 0.5) is 0 Å². The topological polar surface area (TPSA) is 22.8 Å². The van der Waals surface area contributed by atoms with Gasteiger partial charge in [0.05, 0.1) is 22.1 Å². The molecule has 0 atom stereocenters. The van der Waals surface area contributed by atoms with E-state index in [4.69, 9.17) is 0 Å². The highest BCUT2D eigenvalue weighted by molar-refractivity contribution is 6.17. The molecule has 3 aromatic heterocycles. The zero-order chi connectivity index (χ0) is 33.9. The molecule has 52 heavy (non-hydrogen) atoms. The van der Waals surface area contributed by atoms with Crippen LogP contribution in [0.25, 0.3) is 110 Å². The van der Waals surface area contributed by atoms with E-state index in [1.807, 2.05) is 12.4 Å². The molecule has 0 saturated carbocycles. The molecule has 8 aromatic carbocycles. The molecule has 0 radical (unpaired) electrons. The number of aromatic nitrogens is 3. The maximum atomic E-state index is 4.57. The summed E-state index contributed by atoms with van der Waals surface area (Å²) >= 11 is 0. The van der Waals surface area contributed by atoms with Crippen LogP contribution in [-0.2, 0) is 0 Å². The maximum absolute atomic E-state index is 4.57. The van der Waals surface area contributed by atoms with Crippen molar-refractivity contribution in [2.45, 2.75) is 0 Å². The largest absolute Gasteiger partial charge is 0.309 e. The summed E-state index contributed by atoms with van der Waals surface area (Å²) in [6.07, 6.45) is 3.99. The average molecular weight is 660 g/mol. The van der Waals surface area contributed by atoms with Crippen molar-refractivity contribution in [3.63, 3.8) is 0 Å². The Bertz CT molecular complexity index is 3280. The smallest absolute Gasteiger partial charge is 0.0547 e. The van der Waals surface area contributed by atoms with Gasteiger partial charge < -0.3 is 9.13 Å². The first-order valence-corrected chi connectivity index (χ1v) is 17.9. The van der Waals surface area contributed by atoms with Gasteiger partial charge >= 0.3 is 0 Å². The summed E-state index contributed by atoms with van der Waals surface area (Å²) in [7, 11) is 0. The Labute approximate surface area is 299 Å². The Balaban J connectivity index is 1.09. The fourth-order valence-corrected chi connectivity index (χ4v) is 8.96. The third-order valence-electron chi connectivity index (χ3n) is 11.3. The molecule has 0 amide bonds. The number of benzene rings is 8. The normalized spacial score (nSPS) is 12.2. The third kappa shape index (κ3) is 3.77. The second-order valence-electron chi connectivity index (χ2n) is 14.0. The second kappa shape index (κ2) is 10.3. The van der Waals surface area contributed by atoms with Crippen molar-refractivity contribution in [2.24, 2.45) is 0 Å². The Morgan fingerprint density at radius 3 is 1.81 bits per heavy atom. The first-order valence-electron chi connectivity index (χ1n) is 17.9. The van der Waals surface area contributed by atoms with Gasteiger partial charge in [0.2, 0.25) is 0 Å². The molecule has 0 aliphatic heterocycles. The molecule has 3 heteroatoms. The number of rotatable bonds is 3. The fourth-order valence-electron chi connectivity index (χ4n) is 8.96. The average Bonchev–Trinajstić information content (AvgIpc) is 3.83. The van der Waals surface area contributed by atoms with E-state index in [0.29, 0.717) is 0 Å².